The standard InChI is InChI=1S/C16H29N5OS2.ClH/c1-12(2)10-21-14(19-20-16(21)23-3)5-4-6-18-15(22)9-13-11-24-8-7-17-13;/h12-13,17H,4-11H2,1-3H3,(H,18,22);1H. The predicted octanol–water partition coefficient (Wildman–Crippen LogP) is 2.22. The average Bonchev–Trinajstić information content (AvgIpc) is 2.93. The normalized spacial score (nSPS) is 17.4. The highest BCUT2D eigenvalue weighted by atomic mass is 35.5. The van der Waals surface area contributed by atoms with Crippen LogP contribution in [0, 0.1) is 5.92 Å². The van der Waals surface area contributed by atoms with E-state index < -0.39 is 0 Å². The van der Waals surface area contributed by atoms with E-state index in [2.05, 4.69) is 39.2 Å². The Bertz CT molecular complexity index is 521. The van der Waals surface area contributed by atoms with Crippen molar-refractivity contribution in [2.75, 3.05) is 30.9 Å². The van der Waals surface area contributed by atoms with Crippen LogP contribution in [0.25, 0.3) is 0 Å². The Kier molecular flexibility index (Phi) is 10.9. The summed E-state index contributed by atoms with van der Waals surface area (Å²) in [5.41, 5.74) is 0. The Morgan fingerprint density at radius 2 is 2.28 bits per heavy atom. The van der Waals surface area contributed by atoms with Gasteiger partial charge in [0.15, 0.2) is 5.16 Å². The third-order valence-corrected chi connectivity index (χ3v) is 5.65. The van der Waals surface area contributed by atoms with Crippen molar-refractivity contribution in [3.8, 4) is 0 Å². The summed E-state index contributed by atoms with van der Waals surface area (Å²) in [6.45, 7) is 7.04. The lowest BCUT2D eigenvalue weighted by atomic mass is 10.2. The van der Waals surface area contributed by atoms with Crippen LogP contribution in [-0.2, 0) is 17.8 Å². The minimum absolute atomic E-state index is 0. The van der Waals surface area contributed by atoms with Gasteiger partial charge in [-0.05, 0) is 18.6 Å². The van der Waals surface area contributed by atoms with Gasteiger partial charge in [-0.2, -0.15) is 11.8 Å². The molecular weight excluding hydrogens is 378 g/mol. The third-order valence-electron chi connectivity index (χ3n) is 3.85. The van der Waals surface area contributed by atoms with Crippen molar-refractivity contribution in [2.24, 2.45) is 5.92 Å². The summed E-state index contributed by atoms with van der Waals surface area (Å²) in [4.78, 5) is 12.0. The summed E-state index contributed by atoms with van der Waals surface area (Å²) in [6, 6.07) is 0.321. The second kappa shape index (κ2) is 12.0. The molecule has 2 rings (SSSR count). The summed E-state index contributed by atoms with van der Waals surface area (Å²) < 4.78 is 2.21. The minimum Gasteiger partial charge on any atom is -0.356 e. The Labute approximate surface area is 165 Å². The fourth-order valence-corrected chi connectivity index (χ4v) is 4.20. The second-order valence-electron chi connectivity index (χ2n) is 6.49. The van der Waals surface area contributed by atoms with E-state index in [1.165, 1.54) is 0 Å². The molecule has 0 bridgehead atoms. The lowest BCUT2D eigenvalue weighted by molar-refractivity contribution is -0.121. The number of hydrogen-bond donors (Lipinski definition) is 2. The number of aromatic nitrogens is 3. The van der Waals surface area contributed by atoms with Gasteiger partial charge in [0.2, 0.25) is 5.91 Å². The van der Waals surface area contributed by atoms with Crippen LogP contribution >= 0.6 is 35.9 Å². The zero-order chi connectivity index (χ0) is 17.4. The van der Waals surface area contributed by atoms with Crippen molar-refractivity contribution in [1.82, 2.24) is 25.4 Å². The van der Waals surface area contributed by atoms with Crippen LogP contribution in [0.5, 0.6) is 0 Å². The Balaban J connectivity index is 0.00000312. The molecule has 0 spiro atoms. The molecule has 2 heterocycles. The molecule has 144 valence electrons. The fourth-order valence-electron chi connectivity index (χ4n) is 2.72. The van der Waals surface area contributed by atoms with Gasteiger partial charge in [0.05, 0.1) is 0 Å². The molecule has 1 unspecified atom stereocenters. The summed E-state index contributed by atoms with van der Waals surface area (Å²) >= 11 is 3.55. The number of nitrogens with one attached hydrogen (secondary N) is 2. The fraction of sp³-hybridized carbons (Fsp3) is 0.812. The number of hydrogen-bond acceptors (Lipinski definition) is 6. The zero-order valence-corrected chi connectivity index (χ0v) is 17.7. The number of halogens is 1. The van der Waals surface area contributed by atoms with Crippen LogP contribution in [0.1, 0.15) is 32.5 Å². The summed E-state index contributed by atoms with van der Waals surface area (Å²) in [5, 5.41) is 16.0. The first-order chi connectivity index (χ1) is 11.6. The van der Waals surface area contributed by atoms with Crippen LogP contribution in [0.3, 0.4) is 0 Å². The zero-order valence-electron chi connectivity index (χ0n) is 15.3. The Morgan fingerprint density at radius 1 is 1.48 bits per heavy atom. The third kappa shape index (κ3) is 7.76. The van der Waals surface area contributed by atoms with Crippen LogP contribution in [-0.4, -0.2) is 57.6 Å². The molecule has 2 N–H and O–H groups in total. The van der Waals surface area contributed by atoms with Crippen LogP contribution in [0.15, 0.2) is 5.16 Å². The van der Waals surface area contributed by atoms with Gasteiger partial charge >= 0.3 is 0 Å². The first-order valence-electron chi connectivity index (χ1n) is 8.64. The van der Waals surface area contributed by atoms with Crippen molar-refractivity contribution in [2.45, 2.75) is 50.9 Å². The molecule has 1 aliphatic heterocycles. The largest absolute Gasteiger partial charge is 0.356 e. The maximum absolute atomic E-state index is 12.0. The van der Waals surface area contributed by atoms with Gasteiger partial charge in [-0.25, -0.2) is 0 Å². The maximum atomic E-state index is 12.0. The highest BCUT2D eigenvalue weighted by Gasteiger charge is 2.16. The first kappa shape index (κ1) is 22.6. The number of carbonyl (C=O) groups excluding carboxylic acids is 1. The molecule has 1 aromatic rings. The quantitative estimate of drug-likeness (QED) is 0.483. The molecule has 9 heteroatoms. The molecule has 6 nitrogen and oxygen atoms in total. The van der Waals surface area contributed by atoms with Gasteiger partial charge in [0.1, 0.15) is 5.82 Å². The van der Waals surface area contributed by atoms with Crippen molar-refractivity contribution >= 4 is 41.8 Å². The van der Waals surface area contributed by atoms with Crippen molar-refractivity contribution in [1.29, 1.82) is 0 Å². The number of thioether (sulfide) groups is 2. The molecule has 0 aliphatic carbocycles. The van der Waals surface area contributed by atoms with Gasteiger partial charge in [-0.1, -0.05) is 25.6 Å². The predicted molar refractivity (Wildman–Crippen MR) is 109 cm³/mol. The number of nitrogens with zero attached hydrogens (tertiary/aromatic N) is 3. The van der Waals surface area contributed by atoms with Crippen molar-refractivity contribution in [3.63, 3.8) is 0 Å². The minimum atomic E-state index is 0. The van der Waals surface area contributed by atoms with Crippen LogP contribution < -0.4 is 10.6 Å². The molecule has 1 saturated heterocycles. The molecule has 25 heavy (non-hydrogen) atoms. The monoisotopic (exact) mass is 407 g/mol. The summed E-state index contributed by atoms with van der Waals surface area (Å²) in [5.74, 6) is 3.90. The highest BCUT2D eigenvalue weighted by Crippen LogP contribution is 2.16. The van der Waals surface area contributed by atoms with E-state index in [0.717, 1.165) is 48.4 Å². The van der Waals surface area contributed by atoms with Crippen LogP contribution in [0.4, 0.5) is 0 Å². The molecule has 0 saturated carbocycles. The number of amides is 1. The van der Waals surface area contributed by atoms with E-state index in [1.54, 1.807) is 11.8 Å². The van der Waals surface area contributed by atoms with Gasteiger partial charge < -0.3 is 15.2 Å². The summed E-state index contributed by atoms with van der Waals surface area (Å²) in [6.07, 6.45) is 4.34. The first-order valence-corrected chi connectivity index (χ1v) is 11.0. The molecular formula is C16H30ClN5OS2. The molecule has 1 aliphatic rings. The smallest absolute Gasteiger partial charge is 0.221 e. The number of aryl methyl sites for hydroxylation is 1. The van der Waals surface area contributed by atoms with E-state index in [1.807, 2.05) is 18.0 Å². The lowest BCUT2D eigenvalue weighted by Gasteiger charge is -2.22. The molecule has 1 fully saturated rings. The second-order valence-corrected chi connectivity index (χ2v) is 8.41. The molecule has 1 atom stereocenters. The SMILES string of the molecule is CSc1nnc(CCCNC(=O)CC2CSCCN2)n1CC(C)C.Cl. The summed E-state index contributed by atoms with van der Waals surface area (Å²) in [7, 11) is 0. The molecule has 0 radical (unpaired) electrons. The van der Waals surface area contributed by atoms with Gasteiger partial charge in [0.25, 0.3) is 0 Å². The topological polar surface area (TPSA) is 71.8 Å². The van der Waals surface area contributed by atoms with Gasteiger partial charge in [0, 0.05) is 50.0 Å². The van der Waals surface area contributed by atoms with Gasteiger partial charge in [-0.15, -0.1) is 22.6 Å². The Morgan fingerprint density at radius 3 is 2.92 bits per heavy atom. The van der Waals surface area contributed by atoms with E-state index >= 15 is 0 Å². The molecule has 1 aromatic heterocycles. The van der Waals surface area contributed by atoms with E-state index in [0.29, 0.717) is 24.9 Å². The van der Waals surface area contributed by atoms with Gasteiger partial charge in [-0.3, -0.25) is 4.79 Å². The number of rotatable bonds is 9. The molecule has 0 aromatic carbocycles. The number of carbonyl (C=O) groups is 1. The Hall–Kier alpha value is -0.440. The van der Waals surface area contributed by atoms with Crippen molar-refractivity contribution in [3.05, 3.63) is 5.82 Å². The average molecular weight is 408 g/mol. The lowest BCUT2D eigenvalue weighted by Crippen LogP contribution is -2.41. The van der Waals surface area contributed by atoms with E-state index in [9.17, 15) is 4.79 Å². The van der Waals surface area contributed by atoms with Crippen molar-refractivity contribution < 1.29 is 4.79 Å². The highest BCUT2D eigenvalue weighted by molar-refractivity contribution is 7.99. The van der Waals surface area contributed by atoms with Crippen LogP contribution in [0.2, 0.25) is 0 Å². The molecule has 1 amide bonds. The van der Waals surface area contributed by atoms with E-state index in [-0.39, 0.29) is 18.3 Å². The van der Waals surface area contributed by atoms with E-state index in [4.69, 9.17) is 0 Å². The maximum Gasteiger partial charge on any atom is 0.221 e.